The Morgan fingerprint density at radius 3 is 2.74 bits per heavy atom. The first-order valence-electron chi connectivity index (χ1n) is 12.2. The first kappa shape index (κ1) is 23.2. The maximum absolute atomic E-state index is 11.6. The molecule has 1 aromatic rings. The minimum atomic E-state index is -1.77. The van der Waals surface area contributed by atoms with Crippen LogP contribution in [0, 0.1) is 5.92 Å². The van der Waals surface area contributed by atoms with Gasteiger partial charge in [-0.25, -0.2) is 4.79 Å². The predicted octanol–water partition coefficient (Wildman–Crippen LogP) is -0.192. The molecule has 2 fully saturated rings. The molecular weight excluding hydrogens is 458 g/mol. The number of carboxylic acids is 1. The minimum absolute atomic E-state index is 0.188. The molecule has 1 aromatic carbocycles. The number of hydrogen-bond acceptors (Lipinski definition) is 9. The van der Waals surface area contributed by atoms with E-state index in [1.165, 1.54) is 5.56 Å². The largest absolute Gasteiger partial charge is 0.490 e. The van der Waals surface area contributed by atoms with Crippen molar-refractivity contribution in [2.75, 3.05) is 20.2 Å². The molecule has 10 nitrogen and oxygen atoms in total. The quantitative estimate of drug-likeness (QED) is 0.412. The summed E-state index contributed by atoms with van der Waals surface area (Å²) in [5.74, 6) is 0.149. The highest BCUT2D eigenvalue weighted by molar-refractivity contribution is 5.73. The van der Waals surface area contributed by atoms with Crippen molar-refractivity contribution in [3.05, 3.63) is 35.4 Å². The maximum atomic E-state index is 11.6. The molecule has 1 spiro atoms. The standard InChI is InChI=1S/C25H31NO9/c1-3-32-14-6-4-11-10-13-12-5-7-15(22-25(12,8-9-26(13)2)16(11)20(14)34-22)33-24-19(29)17(27)18(28)21(35-24)23(30)31/h4-7,12-13,15,17-19,21-22,24,27-29H,3,8-10H2,1-2H3,(H,30,31)/t12-,13+,15-,17-,18-,19+,21-,22-,24+,25-/m0/s1. The van der Waals surface area contributed by atoms with Crippen LogP contribution in [-0.4, -0.2) is 100 Å². The highest BCUT2D eigenvalue weighted by Gasteiger charge is 2.65. The lowest BCUT2D eigenvalue weighted by Gasteiger charge is -2.57. The minimum Gasteiger partial charge on any atom is -0.490 e. The Bertz CT molecular complexity index is 1060. The van der Waals surface area contributed by atoms with Crippen LogP contribution < -0.4 is 9.47 Å². The second-order valence-corrected chi connectivity index (χ2v) is 10.2. The molecule has 3 heterocycles. The fourth-order valence-electron chi connectivity index (χ4n) is 6.91. The van der Waals surface area contributed by atoms with Crippen molar-refractivity contribution >= 4 is 5.97 Å². The van der Waals surface area contributed by atoms with Crippen LogP contribution in [0.1, 0.15) is 24.5 Å². The van der Waals surface area contributed by atoms with Crippen LogP contribution in [0.15, 0.2) is 24.3 Å². The van der Waals surface area contributed by atoms with E-state index in [-0.39, 0.29) is 11.3 Å². The topological polar surface area (TPSA) is 138 Å². The van der Waals surface area contributed by atoms with E-state index in [9.17, 15) is 25.2 Å². The van der Waals surface area contributed by atoms with Crippen molar-refractivity contribution in [3.63, 3.8) is 0 Å². The van der Waals surface area contributed by atoms with Crippen molar-refractivity contribution in [2.45, 2.75) is 74.1 Å². The first-order chi connectivity index (χ1) is 16.8. The van der Waals surface area contributed by atoms with Crippen LogP contribution in [0.3, 0.4) is 0 Å². The molecule has 0 saturated carbocycles. The summed E-state index contributed by atoms with van der Waals surface area (Å²) in [6.45, 7) is 3.31. The molecule has 2 saturated heterocycles. The zero-order chi connectivity index (χ0) is 24.6. The van der Waals surface area contributed by atoms with Gasteiger partial charge in [-0.05, 0) is 45.0 Å². The molecule has 0 radical (unpaired) electrons. The molecule has 35 heavy (non-hydrogen) atoms. The third-order valence-electron chi connectivity index (χ3n) is 8.52. The summed E-state index contributed by atoms with van der Waals surface area (Å²) in [4.78, 5) is 13.9. The van der Waals surface area contributed by atoms with Crippen molar-refractivity contribution in [2.24, 2.45) is 5.92 Å². The fraction of sp³-hybridized carbons (Fsp3) is 0.640. The summed E-state index contributed by atoms with van der Waals surface area (Å²) < 4.78 is 24.1. The number of likely N-dealkylation sites (tertiary alicyclic amines) is 1. The number of benzene rings is 1. The molecule has 3 aliphatic heterocycles. The van der Waals surface area contributed by atoms with Crippen LogP contribution in [0.5, 0.6) is 11.5 Å². The number of hydrogen-bond donors (Lipinski definition) is 4. The highest BCUT2D eigenvalue weighted by atomic mass is 16.7. The lowest BCUT2D eigenvalue weighted by molar-refractivity contribution is -0.307. The Morgan fingerprint density at radius 2 is 2.00 bits per heavy atom. The van der Waals surface area contributed by atoms with Gasteiger partial charge in [0.05, 0.1) is 6.61 Å². The molecule has 4 N–H and O–H groups in total. The first-order valence-corrected chi connectivity index (χ1v) is 12.2. The van der Waals surface area contributed by atoms with Crippen molar-refractivity contribution in [1.82, 2.24) is 4.90 Å². The van der Waals surface area contributed by atoms with E-state index in [2.05, 4.69) is 24.1 Å². The van der Waals surface area contributed by atoms with E-state index >= 15 is 0 Å². The zero-order valence-corrected chi connectivity index (χ0v) is 19.6. The number of ether oxygens (including phenoxy) is 4. The van der Waals surface area contributed by atoms with Gasteiger partial charge in [-0.15, -0.1) is 0 Å². The number of likely N-dealkylation sites (N-methyl/N-ethyl adjacent to an activating group) is 1. The fourth-order valence-corrected chi connectivity index (χ4v) is 6.91. The second kappa shape index (κ2) is 8.16. The van der Waals surface area contributed by atoms with E-state index in [0.717, 1.165) is 30.7 Å². The average Bonchev–Trinajstić information content (AvgIpc) is 3.19. The van der Waals surface area contributed by atoms with E-state index in [4.69, 9.17) is 18.9 Å². The Labute approximate surface area is 202 Å². The summed E-state index contributed by atoms with van der Waals surface area (Å²) in [6.07, 6.45) is -3.67. The van der Waals surface area contributed by atoms with Gasteiger partial charge in [0.2, 0.25) is 0 Å². The Hall–Kier alpha value is -2.21. The Morgan fingerprint density at radius 1 is 1.20 bits per heavy atom. The summed E-state index contributed by atoms with van der Waals surface area (Å²) >= 11 is 0. The molecule has 6 rings (SSSR count). The number of aliphatic carboxylic acids is 1. The number of aliphatic hydroxyl groups excluding tert-OH is 3. The molecule has 2 bridgehead atoms. The van der Waals surface area contributed by atoms with Crippen molar-refractivity contribution in [3.8, 4) is 11.5 Å². The molecule has 2 aliphatic carbocycles. The average molecular weight is 490 g/mol. The van der Waals surface area contributed by atoms with Gasteiger partial charge in [-0.1, -0.05) is 18.2 Å². The number of piperidine rings is 1. The lowest BCUT2D eigenvalue weighted by atomic mass is 9.53. The SMILES string of the molecule is CCOc1ccc2c3c1O[C@H]1[C@@H](O[C@@H]4O[C@H](C(=O)O)[C@@H](O)[C@H](O)[C@H]4O)C=C[C@H]4[C@@H](C2)N(C)CC[C@@]341. The Balaban J connectivity index is 1.39. The van der Waals surface area contributed by atoms with Gasteiger partial charge in [-0.2, -0.15) is 0 Å². The second-order valence-electron chi connectivity index (χ2n) is 10.2. The van der Waals surface area contributed by atoms with E-state index in [1.807, 2.05) is 19.1 Å². The molecule has 190 valence electrons. The van der Waals surface area contributed by atoms with E-state index < -0.39 is 48.9 Å². The normalized spacial score (nSPS) is 43.4. The number of aliphatic hydroxyl groups is 3. The van der Waals surface area contributed by atoms with Crippen molar-refractivity contribution < 1.29 is 44.2 Å². The highest BCUT2D eigenvalue weighted by Crippen LogP contribution is 2.62. The van der Waals surface area contributed by atoms with Crippen LogP contribution in [0.2, 0.25) is 0 Å². The summed E-state index contributed by atoms with van der Waals surface area (Å²) in [7, 11) is 2.14. The van der Waals surface area contributed by atoms with Crippen LogP contribution in [0.4, 0.5) is 0 Å². The number of carbonyl (C=O) groups is 1. The number of nitrogens with zero attached hydrogens (tertiary/aromatic N) is 1. The predicted molar refractivity (Wildman–Crippen MR) is 120 cm³/mol. The molecule has 10 atom stereocenters. The molecule has 0 amide bonds. The Kier molecular flexibility index (Phi) is 5.41. The third-order valence-corrected chi connectivity index (χ3v) is 8.52. The van der Waals surface area contributed by atoms with Crippen LogP contribution >= 0.6 is 0 Å². The molecule has 0 unspecified atom stereocenters. The number of carboxylic acid groups (broad SMARTS) is 1. The third kappa shape index (κ3) is 3.14. The molecule has 10 heteroatoms. The number of rotatable bonds is 5. The van der Waals surface area contributed by atoms with Gasteiger partial charge in [0.25, 0.3) is 0 Å². The molecular formula is C25H31NO9. The van der Waals surface area contributed by atoms with E-state index in [1.54, 1.807) is 0 Å². The van der Waals surface area contributed by atoms with Gasteiger partial charge in [-0.3, -0.25) is 0 Å². The summed E-state index contributed by atoms with van der Waals surface area (Å²) in [5.41, 5.74) is 2.02. The summed E-state index contributed by atoms with van der Waals surface area (Å²) in [6, 6.07) is 4.37. The van der Waals surface area contributed by atoms with E-state index in [0.29, 0.717) is 18.4 Å². The molecule has 0 aromatic heterocycles. The van der Waals surface area contributed by atoms with Crippen LogP contribution in [-0.2, 0) is 26.1 Å². The summed E-state index contributed by atoms with van der Waals surface area (Å²) in [5, 5.41) is 40.2. The van der Waals surface area contributed by atoms with Crippen LogP contribution in [0.25, 0.3) is 0 Å². The van der Waals surface area contributed by atoms with Gasteiger partial charge < -0.3 is 44.3 Å². The van der Waals surface area contributed by atoms with Gasteiger partial charge >= 0.3 is 5.97 Å². The van der Waals surface area contributed by atoms with Crippen molar-refractivity contribution in [1.29, 1.82) is 0 Å². The molecule has 5 aliphatic rings. The monoisotopic (exact) mass is 489 g/mol. The maximum Gasteiger partial charge on any atom is 0.335 e. The van der Waals surface area contributed by atoms with Gasteiger partial charge in [0, 0.05) is 22.9 Å². The van der Waals surface area contributed by atoms with Gasteiger partial charge in [0.15, 0.2) is 23.9 Å². The zero-order valence-electron chi connectivity index (χ0n) is 19.6. The van der Waals surface area contributed by atoms with Gasteiger partial charge in [0.1, 0.15) is 30.5 Å². The smallest absolute Gasteiger partial charge is 0.335 e. The lowest BCUT2D eigenvalue weighted by Crippen LogP contribution is -2.66.